The molecule has 1 aromatic carbocycles. The summed E-state index contributed by atoms with van der Waals surface area (Å²) in [6.07, 6.45) is 1.63. The number of carbonyl (C=O) groups is 1. The number of ether oxygens (including phenoxy) is 1. The van der Waals surface area contributed by atoms with Gasteiger partial charge in [0.2, 0.25) is 0 Å². The number of nitrogens with zero attached hydrogens (tertiary/aromatic N) is 1. The van der Waals surface area contributed by atoms with Crippen LogP contribution in [0.3, 0.4) is 0 Å². The highest BCUT2D eigenvalue weighted by Gasteiger charge is 2.19. The second-order valence-corrected chi connectivity index (χ2v) is 5.90. The molecule has 6 heteroatoms. The van der Waals surface area contributed by atoms with Gasteiger partial charge in [-0.2, -0.15) is 0 Å². The Labute approximate surface area is 138 Å². The van der Waals surface area contributed by atoms with Crippen LogP contribution >= 0.6 is 15.9 Å². The molecule has 1 heterocycles. The van der Waals surface area contributed by atoms with Crippen LogP contribution < -0.4 is 10.1 Å². The van der Waals surface area contributed by atoms with Crippen molar-refractivity contribution in [1.82, 2.24) is 10.2 Å². The Morgan fingerprint density at radius 3 is 2.77 bits per heavy atom. The third-order valence-corrected chi connectivity index (χ3v) is 4.06. The van der Waals surface area contributed by atoms with Gasteiger partial charge in [-0.25, -0.2) is 0 Å². The fourth-order valence-corrected chi connectivity index (χ4v) is 2.54. The van der Waals surface area contributed by atoms with E-state index in [4.69, 9.17) is 9.15 Å². The summed E-state index contributed by atoms with van der Waals surface area (Å²) in [4.78, 5) is 14.4. The molecule has 0 aliphatic carbocycles. The van der Waals surface area contributed by atoms with Crippen molar-refractivity contribution >= 4 is 21.8 Å². The normalized spacial score (nSPS) is 12.2. The first-order chi connectivity index (χ1) is 10.5. The van der Waals surface area contributed by atoms with Crippen LogP contribution in [0.25, 0.3) is 0 Å². The standard InChI is InChI=1S/C16H19BrN2O3/c1-19(2)14(15-5-4-8-22-15)10-18-16(20)12-9-11(21-3)6-7-13(12)17/h4-9,14H,10H2,1-3H3,(H,18,20). The van der Waals surface area contributed by atoms with E-state index < -0.39 is 0 Å². The first-order valence-corrected chi connectivity index (χ1v) is 7.63. The van der Waals surface area contributed by atoms with Gasteiger partial charge in [-0.05, 0) is 60.4 Å². The number of halogens is 1. The van der Waals surface area contributed by atoms with Crippen molar-refractivity contribution in [2.45, 2.75) is 6.04 Å². The zero-order valence-electron chi connectivity index (χ0n) is 12.8. The molecule has 22 heavy (non-hydrogen) atoms. The molecule has 0 aliphatic heterocycles. The first kappa shape index (κ1) is 16.6. The third kappa shape index (κ3) is 3.90. The average molecular weight is 367 g/mol. The van der Waals surface area contributed by atoms with Crippen molar-refractivity contribution in [2.75, 3.05) is 27.7 Å². The van der Waals surface area contributed by atoms with Crippen molar-refractivity contribution in [3.63, 3.8) is 0 Å². The Balaban J connectivity index is 2.08. The van der Waals surface area contributed by atoms with E-state index in [2.05, 4.69) is 21.2 Å². The summed E-state index contributed by atoms with van der Waals surface area (Å²) in [5.74, 6) is 1.29. The number of methoxy groups -OCH3 is 1. The predicted octanol–water partition coefficient (Wildman–Crippen LogP) is 3.08. The number of amides is 1. The molecule has 0 saturated carbocycles. The lowest BCUT2D eigenvalue weighted by Gasteiger charge is -2.22. The maximum atomic E-state index is 12.4. The molecule has 2 aromatic rings. The minimum Gasteiger partial charge on any atom is -0.497 e. The van der Waals surface area contributed by atoms with Gasteiger partial charge in [-0.3, -0.25) is 9.69 Å². The van der Waals surface area contributed by atoms with E-state index in [0.29, 0.717) is 17.9 Å². The fourth-order valence-electron chi connectivity index (χ4n) is 2.11. The lowest BCUT2D eigenvalue weighted by molar-refractivity contribution is 0.0938. The Hall–Kier alpha value is -1.79. The van der Waals surface area contributed by atoms with Crippen LogP contribution in [0.2, 0.25) is 0 Å². The van der Waals surface area contributed by atoms with E-state index >= 15 is 0 Å². The van der Waals surface area contributed by atoms with Gasteiger partial charge in [0.15, 0.2) is 0 Å². The smallest absolute Gasteiger partial charge is 0.252 e. The predicted molar refractivity (Wildman–Crippen MR) is 88.2 cm³/mol. The van der Waals surface area contributed by atoms with Crippen LogP contribution in [0.5, 0.6) is 5.75 Å². The molecule has 118 valence electrons. The second-order valence-electron chi connectivity index (χ2n) is 5.05. The molecule has 0 saturated heterocycles. The van der Waals surface area contributed by atoms with Crippen LogP contribution in [0.1, 0.15) is 22.2 Å². The Kier molecular flexibility index (Phi) is 5.63. The van der Waals surface area contributed by atoms with Crippen molar-refractivity contribution in [2.24, 2.45) is 0 Å². The summed E-state index contributed by atoms with van der Waals surface area (Å²) < 4.78 is 11.3. The van der Waals surface area contributed by atoms with E-state index in [0.717, 1.165) is 10.2 Å². The molecule has 2 rings (SSSR count). The van der Waals surface area contributed by atoms with E-state index in [9.17, 15) is 4.79 Å². The maximum Gasteiger partial charge on any atom is 0.252 e. The van der Waals surface area contributed by atoms with E-state index in [1.165, 1.54) is 0 Å². The number of furan rings is 1. The fraction of sp³-hybridized carbons (Fsp3) is 0.312. The summed E-state index contributed by atoms with van der Waals surface area (Å²) in [6, 6.07) is 9.01. The van der Waals surface area contributed by atoms with Crippen LogP contribution in [0.4, 0.5) is 0 Å². The summed E-state index contributed by atoms with van der Waals surface area (Å²) in [6.45, 7) is 0.447. The summed E-state index contributed by atoms with van der Waals surface area (Å²) >= 11 is 3.39. The molecule has 1 atom stereocenters. The molecule has 1 N–H and O–H groups in total. The molecule has 0 bridgehead atoms. The SMILES string of the molecule is COc1ccc(Br)c(C(=O)NCC(c2ccco2)N(C)C)c1. The molecule has 0 aliphatic rings. The number of benzene rings is 1. The zero-order chi connectivity index (χ0) is 16.1. The molecule has 5 nitrogen and oxygen atoms in total. The molecule has 1 unspecified atom stereocenters. The Morgan fingerprint density at radius 1 is 1.41 bits per heavy atom. The van der Waals surface area contributed by atoms with Crippen molar-refractivity contribution in [1.29, 1.82) is 0 Å². The van der Waals surface area contributed by atoms with Crippen LogP contribution in [-0.4, -0.2) is 38.6 Å². The van der Waals surface area contributed by atoms with Gasteiger partial charge in [0.05, 0.1) is 25.0 Å². The number of rotatable bonds is 6. The lowest BCUT2D eigenvalue weighted by atomic mass is 10.1. The molecule has 0 spiro atoms. The van der Waals surface area contributed by atoms with Gasteiger partial charge in [-0.1, -0.05) is 0 Å². The highest BCUT2D eigenvalue weighted by atomic mass is 79.9. The first-order valence-electron chi connectivity index (χ1n) is 6.84. The number of hydrogen-bond acceptors (Lipinski definition) is 4. The van der Waals surface area contributed by atoms with Gasteiger partial charge >= 0.3 is 0 Å². The van der Waals surface area contributed by atoms with Gasteiger partial charge in [-0.15, -0.1) is 0 Å². The molecule has 1 aromatic heterocycles. The molecule has 0 fully saturated rings. The number of hydrogen-bond donors (Lipinski definition) is 1. The van der Waals surface area contributed by atoms with Crippen molar-refractivity contribution < 1.29 is 13.9 Å². The van der Waals surface area contributed by atoms with Gasteiger partial charge < -0.3 is 14.5 Å². The summed E-state index contributed by atoms with van der Waals surface area (Å²) in [7, 11) is 5.46. The maximum absolute atomic E-state index is 12.4. The van der Waals surface area contributed by atoms with Gasteiger partial charge in [0.25, 0.3) is 5.91 Å². The number of nitrogens with one attached hydrogen (secondary N) is 1. The topological polar surface area (TPSA) is 54.7 Å². The largest absolute Gasteiger partial charge is 0.497 e. The molecule has 0 radical (unpaired) electrons. The van der Waals surface area contributed by atoms with Gasteiger partial charge in [0.1, 0.15) is 11.5 Å². The van der Waals surface area contributed by atoms with Crippen LogP contribution in [0.15, 0.2) is 45.5 Å². The van der Waals surface area contributed by atoms with Crippen molar-refractivity contribution in [3.8, 4) is 5.75 Å². The Morgan fingerprint density at radius 2 is 2.18 bits per heavy atom. The van der Waals surface area contributed by atoms with Gasteiger partial charge in [0, 0.05) is 11.0 Å². The number of likely N-dealkylation sites (N-methyl/N-ethyl adjacent to an activating group) is 1. The second kappa shape index (κ2) is 7.47. The van der Waals surface area contributed by atoms with E-state index in [-0.39, 0.29) is 11.9 Å². The van der Waals surface area contributed by atoms with Crippen LogP contribution in [-0.2, 0) is 0 Å². The van der Waals surface area contributed by atoms with Crippen LogP contribution in [0, 0.1) is 0 Å². The minimum absolute atomic E-state index is 0.0247. The quantitative estimate of drug-likeness (QED) is 0.853. The van der Waals surface area contributed by atoms with Crippen molar-refractivity contribution in [3.05, 3.63) is 52.4 Å². The monoisotopic (exact) mass is 366 g/mol. The highest BCUT2D eigenvalue weighted by Crippen LogP contribution is 2.23. The summed E-state index contributed by atoms with van der Waals surface area (Å²) in [5.41, 5.74) is 0.538. The van der Waals surface area contributed by atoms with E-state index in [1.807, 2.05) is 31.1 Å². The summed E-state index contributed by atoms with van der Waals surface area (Å²) in [5, 5.41) is 2.93. The number of carbonyl (C=O) groups excluding carboxylic acids is 1. The Bertz CT molecular complexity index is 626. The minimum atomic E-state index is -0.163. The lowest BCUT2D eigenvalue weighted by Crippen LogP contribution is -2.34. The molecular formula is C16H19BrN2O3. The molecule has 1 amide bonds. The highest BCUT2D eigenvalue weighted by molar-refractivity contribution is 9.10. The zero-order valence-corrected chi connectivity index (χ0v) is 14.4. The molecular weight excluding hydrogens is 348 g/mol. The van der Waals surface area contributed by atoms with E-state index in [1.54, 1.807) is 31.6 Å². The third-order valence-electron chi connectivity index (χ3n) is 3.37. The average Bonchev–Trinajstić information content (AvgIpc) is 3.01.